The first-order valence-corrected chi connectivity index (χ1v) is 7.88. The third kappa shape index (κ3) is 4.80. The molecule has 0 spiro atoms. The molecule has 0 aliphatic carbocycles. The van der Waals surface area contributed by atoms with Crippen LogP contribution in [0.15, 0.2) is 28.7 Å². The predicted molar refractivity (Wildman–Crippen MR) is 82.9 cm³/mol. The van der Waals surface area contributed by atoms with Crippen LogP contribution in [0.2, 0.25) is 0 Å². The monoisotopic (exact) mass is 340 g/mol. The minimum absolute atomic E-state index is 0.110. The van der Waals surface area contributed by atoms with Crippen LogP contribution in [0, 0.1) is 0 Å². The van der Waals surface area contributed by atoms with E-state index in [0.717, 1.165) is 36.2 Å². The fraction of sp³-hybridized carbons (Fsp3) is 0.533. The molecule has 0 aromatic heterocycles. The Morgan fingerprint density at radius 2 is 2.20 bits per heavy atom. The summed E-state index contributed by atoms with van der Waals surface area (Å²) in [4.78, 5) is 13.7. The number of carbonyl (C=O) groups excluding carboxylic acids is 1. The van der Waals surface area contributed by atoms with Crippen molar-refractivity contribution >= 4 is 21.8 Å². The maximum Gasteiger partial charge on any atom is 0.234 e. The largest absolute Gasteiger partial charge is 0.490 e. The van der Waals surface area contributed by atoms with E-state index >= 15 is 0 Å². The lowest BCUT2D eigenvalue weighted by Crippen LogP contribution is -2.43. The molecular weight excluding hydrogens is 320 g/mol. The van der Waals surface area contributed by atoms with E-state index in [0.29, 0.717) is 13.1 Å². The van der Waals surface area contributed by atoms with Gasteiger partial charge in [-0.15, -0.1) is 0 Å². The zero-order valence-corrected chi connectivity index (χ0v) is 13.4. The quantitative estimate of drug-likeness (QED) is 0.894. The van der Waals surface area contributed by atoms with E-state index in [4.69, 9.17) is 4.74 Å². The van der Waals surface area contributed by atoms with Crippen LogP contribution in [-0.2, 0) is 4.79 Å². The van der Waals surface area contributed by atoms with Crippen molar-refractivity contribution in [3.05, 3.63) is 28.7 Å². The van der Waals surface area contributed by atoms with Crippen molar-refractivity contribution in [1.82, 2.24) is 10.2 Å². The van der Waals surface area contributed by atoms with E-state index in [2.05, 4.69) is 26.1 Å². The van der Waals surface area contributed by atoms with Gasteiger partial charge in [0.1, 0.15) is 11.9 Å². The van der Waals surface area contributed by atoms with Gasteiger partial charge in [-0.2, -0.15) is 0 Å². The zero-order valence-electron chi connectivity index (χ0n) is 11.8. The van der Waals surface area contributed by atoms with Crippen LogP contribution in [0.4, 0.5) is 0 Å². The maximum atomic E-state index is 11.5. The fourth-order valence-electron chi connectivity index (χ4n) is 2.37. The summed E-state index contributed by atoms with van der Waals surface area (Å²) in [5.41, 5.74) is 0. The Morgan fingerprint density at radius 3 is 2.85 bits per heavy atom. The van der Waals surface area contributed by atoms with Gasteiger partial charge in [0.05, 0.1) is 6.54 Å². The second kappa shape index (κ2) is 7.64. The van der Waals surface area contributed by atoms with Crippen LogP contribution in [-0.4, -0.2) is 43.1 Å². The van der Waals surface area contributed by atoms with Gasteiger partial charge in [-0.3, -0.25) is 9.69 Å². The molecule has 0 unspecified atom stereocenters. The highest BCUT2D eigenvalue weighted by atomic mass is 79.9. The van der Waals surface area contributed by atoms with Crippen LogP contribution in [0.25, 0.3) is 0 Å². The van der Waals surface area contributed by atoms with Crippen molar-refractivity contribution < 1.29 is 9.53 Å². The Labute approximate surface area is 128 Å². The molecule has 4 nitrogen and oxygen atoms in total. The molecule has 1 aliphatic heterocycles. The summed E-state index contributed by atoms with van der Waals surface area (Å²) in [6.45, 7) is 4.96. The molecule has 1 amide bonds. The number of likely N-dealkylation sites (tertiary alicyclic amines) is 1. The number of rotatable bonds is 5. The molecule has 0 saturated carbocycles. The van der Waals surface area contributed by atoms with Crippen LogP contribution >= 0.6 is 15.9 Å². The number of hydrogen-bond donors (Lipinski definition) is 1. The maximum absolute atomic E-state index is 11.5. The van der Waals surface area contributed by atoms with Gasteiger partial charge in [-0.25, -0.2) is 0 Å². The first kappa shape index (κ1) is 15.3. The number of amides is 1. The molecule has 1 saturated heterocycles. The molecule has 1 fully saturated rings. The molecule has 1 aromatic carbocycles. The number of hydrogen-bond acceptors (Lipinski definition) is 3. The summed E-state index contributed by atoms with van der Waals surface area (Å²) < 4.78 is 7.01. The Hall–Kier alpha value is -1.07. The number of benzene rings is 1. The number of carbonyl (C=O) groups is 1. The third-order valence-corrected chi connectivity index (χ3v) is 3.87. The average Bonchev–Trinajstić information content (AvgIpc) is 2.41. The molecule has 0 radical (unpaired) electrons. The molecular formula is C15H21BrN2O2. The van der Waals surface area contributed by atoms with Crippen molar-refractivity contribution in [2.45, 2.75) is 25.9 Å². The third-order valence-electron chi connectivity index (χ3n) is 3.37. The van der Waals surface area contributed by atoms with Gasteiger partial charge in [0.2, 0.25) is 5.91 Å². The number of piperidine rings is 1. The van der Waals surface area contributed by atoms with Crippen molar-refractivity contribution in [2.24, 2.45) is 0 Å². The van der Waals surface area contributed by atoms with Crippen molar-refractivity contribution in [3.8, 4) is 5.75 Å². The summed E-state index contributed by atoms with van der Waals surface area (Å²) in [6.07, 6.45) is 2.17. The normalized spacial score (nSPS) is 16.9. The van der Waals surface area contributed by atoms with E-state index in [1.165, 1.54) is 0 Å². The van der Waals surface area contributed by atoms with Crippen LogP contribution < -0.4 is 10.1 Å². The zero-order chi connectivity index (χ0) is 14.4. The molecule has 2 rings (SSSR count). The minimum Gasteiger partial charge on any atom is -0.490 e. The van der Waals surface area contributed by atoms with Crippen molar-refractivity contribution in [1.29, 1.82) is 0 Å². The van der Waals surface area contributed by atoms with E-state index in [1.807, 2.05) is 31.2 Å². The molecule has 1 aromatic rings. The second-order valence-electron chi connectivity index (χ2n) is 5.00. The Balaban J connectivity index is 1.75. The van der Waals surface area contributed by atoms with E-state index in [-0.39, 0.29) is 12.0 Å². The van der Waals surface area contributed by atoms with Crippen molar-refractivity contribution in [2.75, 3.05) is 26.2 Å². The molecule has 110 valence electrons. The highest BCUT2D eigenvalue weighted by molar-refractivity contribution is 9.10. The average molecular weight is 341 g/mol. The number of ether oxygens (including phenoxy) is 1. The molecule has 1 N–H and O–H groups in total. The smallest absolute Gasteiger partial charge is 0.234 e. The molecule has 5 heteroatoms. The lowest BCUT2D eigenvalue weighted by atomic mass is 10.1. The number of nitrogens with one attached hydrogen (secondary N) is 1. The van der Waals surface area contributed by atoms with Crippen LogP contribution in [0.5, 0.6) is 5.75 Å². The van der Waals surface area contributed by atoms with Gasteiger partial charge >= 0.3 is 0 Å². The van der Waals surface area contributed by atoms with Gasteiger partial charge in [0.25, 0.3) is 0 Å². The molecule has 20 heavy (non-hydrogen) atoms. The van der Waals surface area contributed by atoms with Crippen molar-refractivity contribution in [3.63, 3.8) is 0 Å². The molecule has 0 bridgehead atoms. The van der Waals surface area contributed by atoms with Gasteiger partial charge < -0.3 is 10.1 Å². The lowest BCUT2D eigenvalue weighted by molar-refractivity contribution is -0.122. The Kier molecular flexibility index (Phi) is 5.86. The van der Waals surface area contributed by atoms with E-state index in [9.17, 15) is 4.79 Å². The summed E-state index contributed by atoms with van der Waals surface area (Å²) >= 11 is 3.45. The summed E-state index contributed by atoms with van der Waals surface area (Å²) in [6, 6.07) is 7.93. The second-order valence-corrected chi connectivity index (χ2v) is 5.92. The minimum atomic E-state index is 0.110. The SMILES string of the molecule is CCNC(=O)CN1CCC(Oc2cccc(Br)c2)CC1. The van der Waals surface area contributed by atoms with E-state index in [1.54, 1.807) is 0 Å². The van der Waals surface area contributed by atoms with E-state index < -0.39 is 0 Å². The summed E-state index contributed by atoms with van der Waals surface area (Å²) in [5, 5.41) is 2.83. The predicted octanol–water partition coefficient (Wildman–Crippen LogP) is 2.43. The molecule has 1 heterocycles. The summed E-state index contributed by atoms with van der Waals surface area (Å²) in [5.74, 6) is 1.01. The fourth-order valence-corrected chi connectivity index (χ4v) is 2.75. The van der Waals surface area contributed by atoms with Crippen LogP contribution in [0.1, 0.15) is 19.8 Å². The highest BCUT2D eigenvalue weighted by Crippen LogP contribution is 2.22. The molecule has 0 atom stereocenters. The number of likely N-dealkylation sites (N-methyl/N-ethyl adjacent to an activating group) is 1. The number of halogens is 1. The highest BCUT2D eigenvalue weighted by Gasteiger charge is 2.21. The standard InChI is InChI=1S/C15H21BrN2O2/c1-2-17-15(19)11-18-8-6-13(7-9-18)20-14-5-3-4-12(16)10-14/h3-5,10,13H,2,6-9,11H2,1H3,(H,17,19). The first-order valence-electron chi connectivity index (χ1n) is 7.08. The topological polar surface area (TPSA) is 41.6 Å². The number of nitrogens with zero attached hydrogens (tertiary/aromatic N) is 1. The van der Waals surface area contributed by atoms with Crippen LogP contribution in [0.3, 0.4) is 0 Å². The van der Waals surface area contributed by atoms with Gasteiger partial charge in [0, 0.05) is 24.1 Å². The molecule has 1 aliphatic rings. The Morgan fingerprint density at radius 1 is 1.45 bits per heavy atom. The van der Waals surface area contributed by atoms with Gasteiger partial charge in [0.15, 0.2) is 0 Å². The van der Waals surface area contributed by atoms with Gasteiger partial charge in [-0.1, -0.05) is 22.0 Å². The summed E-state index contributed by atoms with van der Waals surface area (Å²) in [7, 11) is 0. The Bertz CT molecular complexity index is 445. The van der Waals surface area contributed by atoms with Gasteiger partial charge in [-0.05, 0) is 38.0 Å². The lowest BCUT2D eigenvalue weighted by Gasteiger charge is -2.31. The first-order chi connectivity index (χ1) is 9.67.